The van der Waals surface area contributed by atoms with Gasteiger partial charge in [-0.25, -0.2) is 8.78 Å². The van der Waals surface area contributed by atoms with Crippen molar-refractivity contribution in [2.75, 3.05) is 5.32 Å². The highest BCUT2D eigenvalue weighted by Gasteiger charge is 2.24. The number of aliphatic carboxylic acids is 1. The van der Waals surface area contributed by atoms with Gasteiger partial charge in [0.15, 0.2) is 0 Å². The van der Waals surface area contributed by atoms with Crippen molar-refractivity contribution < 1.29 is 28.6 Å². The van der Waals surface area contributed by atoms with Gasteiger partial charge in [0.05, 0.1) is 18.1 Å². The summed E-state index contributed by atoms with van der Waals surface area (Å²) in [6, 6.07) is 6.01. The van der Waals surface area contributed by atoms with Crippen molar-refractivity contribution in [1.29, 1.82) is 0 Å². The number of nitrogens with zero attached hydrogens (tertiary/aromatic N) is 2. The molecule has 24 heavy (non-hydrogen) atoms. The highest BCUT2D eigenvalue weighted by Crippen LogP contribution is 2.27. The van der Waals surface area contributed by atoms with Crippen LogP contribution in [0.2, 0.25) is 0 Å². The van der Waals surface area contributed by atoms with E-state index in [1.54, 1.807) is 12.1 Å². The molecule has 7 nitrogen and oxygen atoms in total. The summed E-state index contributed by atoms with van der Waals surface area (Å²) in [6.45, 7) is 0. The van der Waals surface area contributed by atoms with E-state index in [1.165, 1.54) is 19.2 Å². The van der Waals surface area contributed by atoms with Crippen LogP contribution >= 0.6 is 0 Å². The number of carboxylic acids is 1. The average molecular weight is 339 g/mol. The van der Waals surface area contributed by atoms with Gasteiger partial charge in [-0.15, -0.1) is 0 Å². The molecular formula is C15H15F2N3O4. The van der Waals surface area contributed by atoms with Gasteiger partial charge in [-0.05, 0) is 6.07 Å². The Morgan fingerprint density at radius 3 is 2.62 bits per heavy atom. The number of carbonyl (C=O) groups is 2. The molecule has 0 aliphatic rings. The standard InChI is InChI=1S/C15H15F2N3O4/c1-20-7-9(13(19-20)14(16)17)15(24)18-10-5-3-2-4-8(10)11(21)6-12(22)23/h2-5,7,11,14,21H,6H2,1H3,(H,18,24)(H,22,23). The van der Waals surface area contributed by atoms with Gasteiger partial charge in [-0.1, -0.05) is 18.2 Å². The topological polar surface area (TPSA) is 104 Å². The predicted octanol–water partition coefficient (Wildman–Crippen LogP) is 2.12. The summed E-state index contributed by atoms with van der Waals surface area (Å²) in [7, 11) is 1.41. The number of aryl methyl sites for hydroxylation is 1. The Hall–Kier alpha value is -2.81. The molecule has 0 spiro atoms. The van der Waals surface area contributed by atoms with Gasteiger partial charge in [0.25, 0.3) is 12.3 Å². The normalized spacial score (nSPS) is 12.2. The van der Waals surface area contributed by atoms with Crippen LogP contribution in [0.25, 0.3) is 0 Å². The van der Waals surface area contributed by atoms with Crippen LogP contribution in [0.5, 0.6) is 0 Å². The highest BCUT2D eigenvalue weighted by molar-refractivity contribution is 6.05. The van der Waals surface area contributed by atoms with E-state index < -0.39 is 36.5 Å². The Morgan fingerprint density at radius 1 is 1.33 bits per heavy atom. The second-order valence-corrected chi connectivity index (χ2v) is 5.06. The highest BCUT2D eigenvalue weighted by atomic mass is 19.3. The molecule has 3 N–H and O–H groups in total. The number of hydrogen-bond donors (Lipinski definition) is 3. The fraction of sp³-hybridized carbons (Fsp3) is 0.267. The van der Waals surface area contributed by atoms with Crippen molar-refractivity contribution in [3.05, 3.63) is 47.3 Å². The van der Waals surface area contributed by atoms with E-state index in [1.807, 2.05) is 0 Å². The van der Waals surface area contributed by atoms with Crippen LogP contribution in [0, 0.1) is 0 Å². The number of nitrogens with one attached hydrogen (secondary N) is 1. The van der Waals surface area contributed by atoms with E-state index in [4.69, 9.17) is 5.11 Å². The number of carboxylic acid groups (broad SMARTS) is 1. The number of hydrogen-bond acceptors (Lipinski definition) is 4. The molecule has 1 unspecified atom stereocenters. The maximum Gasteiger partial charge on any atom is 0.306 e. The molecule has 0 radical (unpaired) electrons. The summed E-state index contributed by atoms with van der Waals surface area (Å²) < 4.78 is 27.0. The summed E-state index contributed by atoms with van der Waals surface area (Å²) in [4.78, 5) is 23.0. The largest absolute Gasteiger partial charge is 0.481 e. The first-order valence-corrected chi connectivity index (χ1v) is 6.91. The van der Waals surface area contributed by atoms with E-state index in [0.29, 0.717) is 0 Å². The van der Waals surface area contributed by atoms with Crippen molar-refractivity contribution in [3.63, 3.8) is 0 Å². The van der Waals surface area contributed by atoms with Gasteiger partial charge < -0.3 is 15.5 Å². The van der Waals surface area contributed by atoms with Gasteiger partial charge in [0, 0.05) is 24.5 Å². The molecule has 0 saturated carbocycles. The third-order valence-electron chi connectivity index (χ3n) is 3.24. The summed E-state index contributed by atoms with van der Waals surface area (Å²) in [5.41, 5.74) is -0.635. The zero-order valence-corrected chi connectivity index (χ0v) is 12.6. The van der Waals surface area contributed by atoms with Crippen molar-refractivity contribution >= 4 is 17.6 Å². The molecule has 1 aromatic heterocycles. The predicted molar refractivity (Wildman–Crippen MR) is 79.8 cm³/mol. The second-order valence-electron chi connectivity index (χ2n) is 5.06. The van der Waals surface area contributed by atoms with Crippen molar-refractivity contribution in [3.8, 4) is 0 Å². The quantitative estimate of drug-likeness (QED) is 0.748. The molecule has 0 saturated heterocycles. The maximum atomic E-state index is 12.9. The number of anilines is 1. The summed E-state index contributed by atoms with van der Waals surface area (Å²) in [6.07, 6.45) is -3.66. The summed E-state index contributed by atoms with van der Waals surface area (Å²) >= 11 is 0. The minimum absolute atomic E-state index is 0.139. The Labute approximate surface area is 135 Å². The Kier molecular flexibility index (Phi) is 5.24. The third kappa shape index (κ3) is 3.93. The Balaban J connectivity index is 2.29. The molecule has 0 bridgehead atoms. The SMILES string of the molecule is Cn1cc(C(=O)Nc2ccccc2C(O)CC(=O)O)c(C(F)F)n1. The smallest absolute Gasteiger partial charge is 0.306 e. The lowest BCUT2D eigenvalue weighted by Crippen LogP contribution is -2.16. The van der Waals surface area contributed by atoms with Crippen LogP contribution < -0.4 is 5.32 Å². The van der Waals surface area contributed by atoms with E-state index in [0.717, 1.165) is 10.9 Å². The van der Waals surface area contributed by atoms with Crippen molar-refractivity contribution in [2.45, 2.75) is 19.0 Å². The Bertz CT molecular complexity index is 761. The lowest BCUT2D eigenvalue weighted by Gasteiger charge is -2.14. The number of alkyl halides is 2. The first-order valence-electron chi connectivity index (χ1n) is 6.91. The number of halogens is 2. The molecule has 0 fully saturated rings. The van der Waals surface area contributed by atoms with Gasteiger partial charge in [-0.3, -0.25) is 14.3 Å². The van der Waals surface area contributed by atoms with Crippen LogP contribution in [0.1, 0.15) is 40.6 Å². The van der Waals surface area contributed by atoms with Crippen LogP contribution in [-0.4, -0.2) is 31.9 Å². The molecule has 9 heteroatoms. The molecule has 1 heterocycles. The Morgan fingerprint density at radius 2 is 2.00 bits per heavy atom. The first-order chi connectivity index (χ1) is 11.3. The summed E-state index contributed by atoms with van der Waals surface area (Å²) in [5.74, 6) is -2.04. The minimum Gasteiger partial charge on any atom is -0.481 e. The fourth-order valence-corrected chi connectivity index (χ4v) is 2.21. The zero-order valence-electron chi connectivity index (χ0n) is 12.6. The van der Waals surface area contributed by atoms with Crippen LogP contribution in [0.3, 0.4) is 0 Å². The first kappa shape index (κ1) is 17.5. The van der Waals surface area contributed by atoms with E-state index >= 15 is 0 Å². The van der Waals surface area contributed by atoms with Crippen LogP contribution in [0.15, 0.2) is 30.5 Å². The maximum absolute atomic E-state index is 12.9. The number of benzene rings is 1. The lowest BCUT2D eigenvalue weighted by atomic mass is 10.0. The average Bonchev–Trinajstić information content (AvgIpc) is 2.89. The number of rotatable bonds is 6. The zero-order chi connectivity index (χ0) is 17.9. The fourth-order valence-electron chi connectivity index (χ4n) is 2.21. The molecule has 1 amide bonds. The number of carbonyl (C=O) groups excluding carboxylic acids is 1. The number of aromatic nitrogens is 2. The molecule has 1 atom stereocenters. The molecule has 2 rings (SSSR count). The lowest BCUT2D eigenvalue weighted by molar-refractivity contribution is -0.139. The van der Waals surface area contributed by atoms with Crippen LogP contribution in [0.4, 0.5) is 14.5 Å². The van der Waals surface area contributed by atoms with Gasteiger partial charge >= 0.3 is 5.97 Å². The van der Waals surface area contributed by atoms with Gasteiger partial charge in [-0.2, -0.15) is 5.10 Å². The van der Waals surface area contributed by atoms with E-state index in [2.05, 4.69) is 10.4 Å². The van der Waals surface area contributed by atoms with Crippen LogP contribution in [-0.2, 0) is 11.8 Å². The number of aliphatic hydroxyl groups is 1. The summed E-state index contributed by atoms with van der Waals surface area (Å²) in [5, 5.41) is 24.6. The minimum atomic E-state index is -2.92. The number of amides is 1. The van der Waals surface area contributed by atoms with E-state index in [9.17, 15) is 23.5 Å². The molecule has 2 aromatic rings. The van der Waals surface area contributed by atoms with Crippen molar-refractivity contribution in [2.24, 2.45) is 7.05 Å². The molecule has 1 aromatic carbocycles. The van der Waals surface area contributed by atoms with Gasteiger partial charge in [0.1, 0.15) is 5.69 Å². The number of para-hydroxylation sites is 1. The monoisotopic (exact) mass is 339 g/mol. The van der Waals surface area contributed by atoms with E-state index in [-0.39, 0.29) is 16.8 Å². The second kappa shape index (κ2) is 7.18. The molecule has 128 valence electrons. The van der Waals surface area contributed by atoms with Gasteiger partial charge in [0.2, 0.25) is 0 Å². The third-order valence-corrected chi connectivity index (χ3v) is 3.24. The molecule has 0 aliphatic heterocycles. The molecular weight excluding hydrogens is 324 g/mol. The van der Waals surface area contributed by atoms with Crippen molar-refractivity contribution in [1.82, 2.24) is 9.78 Å². The molecule has 0 aliphatic carbocycles. The number of aliphatic hydroxyl groups excluding tert-OH is 1.